The lowest BCUT2D eigenvalue weighted by Crippen LogP contribution is -2.09. The highest BCUT2D eigenvalue weighted by molar-refractivity contribution is 5.13. The fourth-order valence-corrected chi connectivity index (χ4v) is 1.33. The van der Waals surface area contributed by atoms with Gasteiger partial charge >= 0.3 is 0 Å². The van der Waals surface area contributed by atoms with E-state index in [1.807, 2.05) is 27.8 Å². The van der Waals surface area contributed by atoms with Gasteiger partial charge in [0.25, 0.3) is 0 Å². The van der Waals surface area contributed by atoms with E-state index in [1.165, 1.54) is 12.5 Å². The molecular weight excluding hydrogens is 239 g/mol. The van der Waals surface area contributed by atoms with Crippen LogP contribution in [0.15, 0.2) is 12.1 Å². The lowest BCUT2D eigenvalue weighted by molar-refractivity contribution is 0.585. The third-order valence-electron chi connectivity index (χ3n) is 2.18. The lowest BCUT2D eigenvalue weighted by Gasteiger charge is -2.04. The Labute approximate surface area is 120 Å². The summed E-state index contributed by atoms with van der Waals surface area (Å²) in [4.78, 5) is 4.26. The minimum absolute atomic E-state index is 0. The van der Waals surface area contributed by atoms with Crippen LogP contribution in [0.4, 0.5) is 4.39 Å². The van der Waals surface area contributed by atoms with Crippen LogP contribution in [0.25, 0.3) is 0 Å². The van der Waals surface area contributed by atoms with Crippen LogP contribution >= 0.6 is 0 Å². The van der Waals surface area contributed by atoms with Crippen LogP contribution in [0.2, 0.25) is 0 Å². The predicted octanol–water partition coefficient (Wildman–Crippen LogP) is 4.62. The van der Waals surface area contributed by atoms with Crippen molar-refractivity contribution in [2.24, 2.45) is 0 Å². The number of aromatic nitrogens is 1. The number of pyridine rings is 1. The van der Waals surface area contributed by atoms with Crippen LogP contribution in [0.3, 0.4) is 0 Å². The summed E-state index contributed by atoms with van der Waals surface area (Å²) in [7, 11) is 1.90. The number of aryl methyl sites for hydroxylation is 2. The zero-order valence-electron chi connectivity index (χ0n) is 13.5. The van der Waals surface area contributed by atoms with Crippen LogP contribution in [0.1, 0.15) is 60.3 Å². The van der Waals surface area contributed by atoms with Crippen LogP contribution in [-0.4, -0.2) is 18.6 Å². The smallest absolute Gasteiger partial charge is 0.144 e. The van der Waals surface area contributed by atoms with Gasteiger partial charge in [0, 0.05) is 7.12 Å². The summed E-state index contributed by atoms with van der Waals surface area (Å²) in [6.07, 6.45) is 3.74. The number of nitrogens with one attached hydrogen (secondary N) is 1. The summed E-state index contributed by atoms with van der Waals surface area (Å²) in [6, 6.07) is 3.26. The van der Waals surface area contributed by atoms with Gasteiger partial charge in [-0.3, -0.25) is 4.98 Å². The molecule has 0 aromatic carbocycles. The average Bonchev–Trinajstić information content (AvgIpc) is 2.44. The predicted molar refractivity (Wildman–Crippen MR) is 85.2 cm³/mol. The third kappa shape index (κ3) is 10.6. The molecule has 0 saturated carbocycles. The van der Waals surface area contributed by atoms with Gasteiger partial charge in [-0.2, -0.15) is 0 Å². The number of halogens is 1. The molecule has 0 radical (unpaired) electrons. The van der Waals surface area contributed by atoms with Gasteiger partial charge in [0.05, 0.1) is 5.69 Å². The van der Waals surface area contributed by atoms with Gasteiger partial charge < -0.3 is 5.32 Å². The van der Waals surface area contributed by atoms with E-state index in [9.17, 15) is 4.39 Å². The maximum atomic E-state index is 13.3. The van der Waals surface area contributed by atoms with Gasteiger partial charge in [-0.05, 0) is 45.0 Å². The molecule has 0 aliphatic carbocycles. The van der Waals surface area contributed by atoms with Gasteiger partial charge in [0.15, 0.2) is 0 Å². The van der Waals surface area contributed by atoms with Crippen molar-refractivity contribution in [1.82, 2.24) is 10.3 Å². The minimum Gasteiger partial charge on any atom is -0.320 e. The molecule has 0 spiro atoms. The van der Waals surface area contributed by atoms with Crippen molar-refractivity contribution in [3.8, 4) is 0 Å². The number of hydrogen-bond donors (Lipinski definition) is 1. The van der Waals surface area contributed by atoms with Crippen LogP contribution in [-0.2, 0) is 12.8 Å². The number of hydrogen-bond acceptors (Lipinski definition) is 2. The van der Waals surface area contributed by atoms with Crippen molar-refractivity contribution < 1.29 is 5.82 Å². The monoisotopic (exact) mass is 272 g/mol. The molecule has 1 N–H and O–H groups in total. The first-order valence-corrected chi connectivity index (χ1v) is 7.48. The van der Waals surface area contributed by atoms with Crippen molar-refractivity contribution >= 4 is 0 Å². The normalized spacial score (nSPS) is 9.00. The summed E-state index contributed by atoms with van der Waals surface area (Å²) in [5.74, 6) is -0.182. The fourth-order valence-electron chi connectivity index (χ4n) is 1.33. The van der Waals surface area contributed by atoms with Gasteiger partial charge in [-0.25, -0.2) is 4.39 Å². The first kappa shape index (κ1) is 20.4. The van der Waals surface area contributed by atoms with Crippen LogP contribution in [0, 0.1) is 5.82 Å². The highest BCUT2D eigenvalue weighted by Gasteiger charge is 2.03. The molecule has 1 aromatic rings. The molecule has 0 unspecified atom stereocenters. The van der Waals surface area contributed by atoms with Crippen molar-refractivity contribution in [2.75, 3.05) is 13.6 Å². The first-order chi connectivity index (χ1) is 9.19. The standard InChI is InChI=1S/C11H17FN2.C3H8.C2H6.H2/c1-3-9-6-7-10(12)11(14-9)5-4-8-13-2;1-3-2;1-2;/h6-7,13H,3-5,8H2,1-2H3;3H2,1-2H3;1-2H3;1H. The molecular formula is C16H33FN2. The maximum absolute atomic E-state index is 13.3. The molecule has 1 heterocycles. The van der Waals surface area contributed by atoms with Crippen molar-refractivity contribution in [2.45, 2.75) is 60.3 Å². The Morgan fingerprint density at radius 2 is 1.79 bits per heavy atom. The zero-order chi connectivity index (χ0) is 15.1. The topological polar surface area (TPSA) is 24.9 Å². The van der Waals surface area contributed by atoms with Crippen molar-refractivity contribution in [3.63, 3.8) is 0 Å². The van der Waals surface area contributed by atoms with Gasteiger partial charge in [0.1, 0.15) is 5.82 Å². The Hall–Kier alpha value is -0.960. The summed E-state index contributed by atoms with van der Waals surface area (Å²) >= 11 is 0. The van der Waals surface area contributed by atoms with Crippen molar-refractivity contribution in [1.29, 1.82) is 0 Å². The minimum atomic E-state index is -0.182. The van der Waals surface area contributed by atoms with E-state index in [-0.39, 0.29) is 7.24 Å². The Balaban J connectivity index is -0.000000426. The first-order valence-electron chi connectivity index (χ1n) is 7.48. The molecule has 0 amide bonds. The third-order valence-corrected chi connectivity index (χ3v) is 2.18. The Morgan fingerprint density at radius 3 is 2.26 bits per heavy atom. The van der Waals surface area contributed by atoms with E-state index in [2.05, 4.69) is 24.1 Å². The van der Waals surface area contributed by atoms with E-state index >= 15 is 0 Å². The molecule has 0 saturated heterocycles. The number of nitrogens with zero attached hydrogens (tertiary/aromatic N) is 1. The van der Waals surface area contributed by atoms with Crippen LogP contribution < -0.4 is 5.32 Å². The fraction of sp³-hybridized carbons (Fsp3) is 0.688. The molecule has 0 aliphatic heterocycles. The Morgan fingerprint density at radius 1 is 1.21 bits per heavy atom. The molecule has 2 nitrogen and oxygen atoms in total. The second-order valence-electron chi connectivity index (χ2n) is 4.00. The van der Waals surface area contributed by atoms with E-state index in [1.54, 1.807) is 6.07 Å². The summed E-state index contributed by atoms with van der Waals surface area (Å²) in [5.41, 5.74) is 1.56. The molecule has 0 fully saturated rings. The Bertz CT molecular complexity index is 307. The van der Waals surface area contributed by atoms with Gasteiger partial charge in [-0.1, -0.05) is 41.0 Å². The molecule has 1 aromatic heterocycles. The van der Waals surface area contributed by atoms with Gasteiger partial charge in [-0.15, -0.1) is 0 Å². The average molecular weight is 272 g/mol. The largest absolute Gasteiger partial charge is 0.320 e. The zero-order valence-corrected chi connectivity index (χ0v) is 13.5. The van der Waals surface area contributed by atoms with E-state index in [0.717, 1.165) is 25.1 Å². The van der Waals surface area contributed by atoms with Crippen LogP contribution in [0.5, 0.6) is 0 Å². The molecule has 3 heteroatoms. The quantitative estimate of drug-likeness (QED) is 0.791. The number of rotatable bonds is 5. The molecule has 0 bridgehead atoms. The summed E-state index contributed by atoms with van der Waals surface area (Å²) < 4.78 is 13.3. The molecule has 114 valence electrons. The molecule has 1 rings (SSSR count). The lowest BCUT2D eigenvalue weighted by atomic mass is 10.2. The highest BCUT2D eigenvalue weighted by atomic mass is 19.1. The van der Waals surface area contributed by atoms with E-state index < -0.39 is 0 Å². The van der Waals surface area contributed by atoms with E-state index in [0.29, 0.717) is 12.1 Å². The molecule has 0 atom stereocenters. The van der Waals surface area contributed by atoms with E-state index in [4.69, 9.17) is 0 Å². The second-order valence-corrected chi connectivity index (χ2v) is 4.00. The summed E-state index contributed by atoms with van der Waals surface area (Å²) in [6.45, 7) is 11.2. The SMILES string of the molecule is CC.CCC.CCc1ccc(F)c(CCCNC)n1.[HH]. The highest BCUT2D eigenvalue weighted by Crippen LogP contribution is 2.08. The summed E-state index contributed by atoms with van der Waals surface area (Å²) in [5, 5.41) is 3.04. The van der Waals surface area contributed by atoms with Gasteiger partial charge in [0.2, 0.25) is 0 Å². The molecule has 19 heavy (non-hydrogen) atoms. The molecule has 0 aliphatic rings. The maximum Gasteiger partial charge on any atom is 0.144 e. The Kier molecular flexibility index (Phi) is 16.2. The van der Waals surface area contributed by atoms with Crippen molar-refractivity contribution in [3.05, 3.63) is 29.3 Å². The second kappa shape index (κ2) is 15.1.